The van der Waals surface area contributed by atoms with Gasteiger partial charge in [-0.3, -0.25) is 9.69 Å². The zero-order chi connectivity index (χ0) is 17.9. The minimum Gasteiger partial charge on any atom is -0.338 e. The van der Waals surface area contributed by atoms with Gasteiger partial charge in [0.25, 0.3) is 0 Å². The van der Waals surface area contributed by atoms with Crippen LogP contribution in [0, 0.1) is 0 Å². The zero-order valence-corrected chi connectivity index (χ0v) is 15.2. The fourth-order valence-electron chi connectivity index (χ4n) is 3.83. The van der Waals surface area contributed by atoms with E-state index < -0.39 is 0 Å². The molecule has 0 radical (unpaired) electrons. The number of fused-ring (bicyclic) bond motifs is 1. The normalized spacial score (nSPS) is 18.4. The van der Waals surface area contributed by atoms with Crippen LogP contribution in [0.25, 0.3) is 0 Å². The van der Waals surface area contributed by atoms with Crippen LogP contribution in [0.1, 0.15) is 24.5 Å². The SMILES string of the molecule is CC(C(=O)Nc1ccc2c(c1)CCC2)N1CCN(c2ncccn2)CC1. The van der Waals surface area contributed by atoms with Gasteiger partial charge in [0.15, 0.2) is 0 Å². The fraction of sp³-hybridized carbons (Fsp3) is 0.450. The third-order valence-corrected chi connectivity index (χ3v) is 5.44. The number of amides is 1. The number of anilines is 2. The molecule has 1 saturated heterocycles. The Balaban J connectivity index is 1.33. The van der Waals surface area contributed by atoms with Gasteiger partial charge in [-0.25, -0.2) is 9.97 Å². The number of nitrogens with one attached hydrogen (secondary N) is 1. The van der Waals surface area contributed by atoms with E-state index in [0.717, 1.165) is 50.7 Å². The summed E-state index contributed by atoms with van der Waals surface area (Å²) in [6.45, 7) is 5.31. The summed E-state index contributed by atoms with van der Waals surface area (Å²) in [4.78, 5) is 25.7. The molecule has 1 amide bonds. The van der Waals surface area contributed by atoms with Gasteiger partial charge in [0.1, 0.15) is 0 Å². The molecule has 26 heavy (non-hydrogen) atoms. The van der Waals surface area contributed by atoms with Gasteiger partial charge in [0.05, 0.1) is 6.04 Å². The lowest BCUT2D eigenvalue weighted by Gasteiger charge is -2.37. The van der Waals surface area contributed by atoms with E-state index in [4.69, 9.17) is 0 Å². The van der Waals surface area contributed by atoms with Crippen LogP contribution in [0.3, 0.4) is 0 Å². The highest BCUT2D eigenvalue weighted by Gasteiger charge is 2.26. The van der Waals surface area contributed by atoms with Crippen molar-refractivity contribution in [2.24, 2.45) is 0 Å². The number of aromatic nitrogens is 2. The maximum absolute atomic E-state index is 12.7. The number of hydrogen-bond donors (Lipinski definition) is 1. The number of aryl methyl sites for hydroxylation is 2. The topological polar surface area (TPSA) is 61.4 Å². The predicted molar refractivity (Wildman–Crippen MR) is 102 cm³/mol. The van der Waals surface area contributed by atoms with Crippen LogP contribution in [-0.2, 0) is 17.6 Å². The van der Waals surface area contributed by atoms with Gasteiger partial charge in [-0.1, -0.05) is 6.07 Å². The molecule has 6 nitrogen and oxygen atoms in total. The lowest BCUT2D eigenvalue weighted by molar-refractivity contribution is -0.120. The van der Waals surface area contributed by atoms with Crippen LogP contribution in [0.2, 0.25) is 0 Å². The van der Waals surface area contributed by atoms with Crippen molar-refractivity contribution in [3.8, 4) is 0 Å². The molecule has 0 spiro atoms. The number of nitrogens with zero attached hydrogens (tertiary/aromatic N) is 4. The number of rotatable bonds is 4. The molecule has 1 aromatic carbocycles. The Morgan fingerprint density at radius 3 is 2.58 bits per heavy atom. The molecule has 2 aliphatic rings. The van der Waals surface area contributed by atoms with E-state index in [1.54, 1.807) is 12.4 Å². The summed E-state index contributed by atoms with van der Waals surface area (Å²) in [6.07, 6.45) is 7.04. The highest BCUT2D eigenvalue weighted by Crippen LogP contribution is 2.25. The van der Waals surface area contributed by atoms with Crippen molar-refractivity contribution in [3.63, 3.8) is 0 Å². The molecular weight excluding hydrogens is 326 g/mol. The second-order valence-electron chi connectivity index (χ2n) is 7.07. The smallest absolute Gasteiger partial charge is 0.241 e. The molecule has 4 rings (SSSR count). The molecule has 2 aromatic rings. The lowest BCUT2D eigenvalue weighted by atomic mass is 10.1. The molecule has 6 heteroatoms. The van der Waals surface area contributed by atoms with Crippen LogP contribution in [0.4, 0.5) is 11.6 Å². The van der Waals surface area contributed by atoms with Gasteiger partial charge >= 0.3 is 0 Å². The standard InChI is InChI=1S/C20H25N5O/c1-15(19(26)23-18-7-6-16-4-2-5-17(16)14-18)24-10-12-25(13-11-24)20-21-8-3-9-22-20/h3,6-9,14-15H,2,4-5,10-13H2,1H3,(H,23,26). The number of piperazine rings is 1. The molecule has 0 bridgehead atoms. The van der Waals surface area contributed by atoms with Gasteiger partial charge < -0.3 is 10.2 Å². The highest BCUT2D eigenvalue weighted by atomic mass is 16.2. The van der Waals surface area contributed by atoms with Crippen molar-refractivity contribution in [1.82, 2.24) is 14.9 Å². The Kier molecular flexibility index (Phi) is 4.84. The van der Waals surface area contributed by atoms with Crippen molar-refractivity contribution < 1.29 is 4.79 Å². The molecule has 1 atom stereocenters. The average Bonchev–Trinajstić information content (AvgIpc) is 3.16. The second kappa shape index (κ2) is 7.41. The van der Waals surface area contributed by atoms with Crippen molar-refractivity contribution in [3.05, 3.63) is 47.8 Å². The summed E-state index contributed by atoms with van der Waals surface area (Å²) >= 11 is 0. The zero-order valence-electron chi connectivity index (χ0n) is 15.2. The van der Waals surface area contributed by atoms with Crippen LogP contribution >= 0.6 is 0 Å². The summed E-state index contributed by atoms with van der Waals surface area (Å²) in [5, 5.41) is 3.09. The van der Waals surface area contributed by atoms with E-state index in [1.807, 2.05) is 19.1 Å². The molecule has 1 aliphatic heterocycles. The number of carbonyl (C=O) groups excluding carboxylic acids is 1. The summed E-state index contributed by atoms with van der Waals surface area (Å²) in [7, 11) is 0. The predicted octanol–water partition coefficient (Wildman–Crippen LogP) is 2.11. The molecule has 1 fully saturated rings. The van der Waals surface area contributed by atoms with E-state index in [9.17, 15) is 4.79 Å². The van der Waals surface area contributed by atoms with Gasteiger partial charge in [-0.15, -0.1) is 0 Å². The maximum atomic E-state index is 12.7. The first-order valence-corrected chi connectivity index (χ1v) is 9.39. The monoisotopic (exact) mass is 351 g/mol. The first kappa shape index (κ1) is 17.0. The second-order valence-corrected chi connectivity index (χ2v) is 7.07. The average molecular weight is 351 g/mol. The molecule has 1 N–H and O–H groups in total. The maximum Gasteiger partial charge on any atom is 0.241 e. The van der Waals surface area contributed by atoms with E-state index in [0.29, 0.717) is 0 Å². The highest BCUT2D eigenvalue weighted by molar-refractivity contribution is 5.94. The van der Waals surface area contributed by atoms with Gasteiger partial charge in [-0.2, -0.15) is 0 Å². The Labute approximate surface area is 154 Å². The summed E-state index contributed by atoms with van der Waals surface area (Å²) in [5.41, 5.74) is 3.72. The van der Waals surface area contributed by atoms with Gasteiger partial charge in [0.2, 0.25) is 11.9 Å². The van der Waals surface area contributed by atoms with Gasteiger partial charge in [-0.05, 0) is 55.5 Å². The number of hydrogen-bond acceptors (Lipinski definition) is 5. The Bertz CT molecular complexity index is 771. The van der Waals surface area contributed by atoms with Crippen molar-refractivity contribution in [1.29, 1.82) is 0 Å². The lowest BCUT2D eigenvalue weighted by Crippen LogP contribution is -2.53. The molecule has 136 valence electrons. The summed E-state index contributed by atoms with van der Waals surface area (Å²) in [6, 6.07) is 7.99. The first-order chi connectivity index (χ1) is 12.7. The first-order valence-electron chi connectivity index (χ1n) is 9.39. The summed E-state index contributed by atoms with van der Waals surface area (Å²) < 4.78 is 0. The minimum atomic E-state index is -0.151. The quantitative estimate of drug-likeness (QED) is 0.914. The molecule has 1 aliphatic carbocycles. The van der Waals surface area contributed by atoms with Crippen LogP contribution in [-0.4, -0.2) is 53.0 Å². The van der Waals surface area contributed by atoms with Crippen LogP contribution in [0.5, 0.6) is 0 Å². The van der Waals surface area contributed by atoms with E-state index in [2.05, 4.69) is 37.2 Å². The van der Waals surface area contributed by atoms with E-state index in [1.165, 1.54) is 17.5 Å². The Morgan fingerprint density at radius 1 is 1.08 bits per heavy atom. The van der Waals surface area contributed by atoms with E-state index >= 15 is 0 Å². The Morgan fingerprint density at radius 2 is 1.81 bits per heavy atom. The van der Waals surface area contributed by atoms with Crippen molar-refractivity contribution in [2.45, 2.75) is 32.2 Å². The molecule has 2 heterocycles. The fourth-order valence-corrected chi connectivity index (χ4v) is 3.83. The molecular formula is C20H25N5O. The number of benzene rings is 1. The van der Waals surface area contributed by atoms with Crippen LogP contribution < -0.4 is 10.2 Å². The van der Waals surface area contributed by atoms with Gasteiger partial charge in [0, 0.05) is 44.3 Å². The Hall–Kier alpha value is -2.47. The van der Waals surface area contributed by atoms with Crippen LogP contribution in [0.15, 0.2) is 36.7 Å². The van der Waals surface area contributed by atoms with Crippen molar-refractivity contribution >= 4 is 17.5 Å². The molecule has 0 saturated carbocycles. The van der Waals surface area contributed by atoms with Crippen molar-refractivity contribution in [2.75, 3.05) is 36.4 Å². The minimum absolute atomic E-state index is 0.0624. The third-order valence-electron chi connectivity index (χ3n) is 5.44. The largest absolute Gasteiger partial charge is 0.338 e. The molecule has 1 unspecified atom stereocenters. The third kappa shape index (κ3) is 3.55. The number of carbonyl (C=O) groups is 1. The van der Waals surface area contributed by atoms with E-state index in [-0.39, 0.29) is 11.9 Å². The molecule has 1 aromatic heterocycles. The summed E-state index contributed by atoms with van der Waals surface area (Å²) in [5.74, 6) is 0.828.